The third-order valence-electron chi connectivity index (χ3n) is 3.13. The lowest BCUT2D eigenvalue weighted by Crippen LogP contribution is -2.33. The number of nitrogens with one attached hydrogen (secondary N) is 1. The molecule has 4 nitrogen and oxygen atoms in total. The molecular weight excluding hydrogens is 246 g/mol. The number of hydrazine groups is 1. The van der Waals surface area contributed by atoms with Crippen molar-refractivity contribution in [2.45, 2.75) is 13.0 Å². The third kappa shape index (κ3) is 3.73. The molecule has 0 atom stereocenters. The van der Waals surface area contributed by atoms with Crippen molar-refractivity contribution in [2.24, 2.45) is 5.84 Å². The monoisotopic (exact) mass is 265 g/mol. The normalized spacial score (nSPS) is 16.5. The second-order valence-electron chi connectivity index (χ2n) is 4.40. The molecule has 0 aliphatic carbocycles. The van der Waals surface area contributed by atoms with Crippen LogP contribution in [-0.4, -0.2) is 35.4 Å². The summed E-state index contributed by atoms with van der Waals surface area (Å²) in [6.07, 6.45) is 0.356. The zero-order valence-electron chi connectivity index (χ0n) is 10.4. The van der Waals surface area contributed by atoms with Gasteiger partial charge in [0.05, 0.1) is 6.42 Å². The quantitative estimate of drug-likeness (QED) is 0.479. The smallest absolute Gasteiger partial charge is 0.238 e. The molecule has 1 aromatic carbocycles. The van der Waals surface area contributed by atoms with Gasteiger partial charge in [-0.1, -0.05) is 24.3 Å². The van der Waals surface area contributed by atoms with Crippen LogP contribution in [0.4, 0.5) is 0 Å². The van der Waals surface area contributed by atoms with Crippen molar-refractivity contribution in [1.82, 2.24) is 10.3 Å². The van der Waals surface area contributed by atoms with Crippen LogP contribution in [0.1, 0.15) is 11.1 Å². The van der Waals surface area contributed by atoms with E-state index in [2.05, 4.69) is 16.4 Å². The highest BCUT2D eigenvalue weighted by Crippen LogP contribution is 2.16. The van der Waals surface area contributed by atoms with Crippen LogP contribution in [0.15, 0.2) is 24.3 Å². The number of nitrogens with zero attached hydrogens (tertiary/aromatic N) is 1. The number of carbonyl (C=O) groups is 1. The number of benzene rings is 1. The summed E-state index contributed by atoms with van der Waals surface area (Å²) in [4.78, 5) is 13.8. The minimum absolute atomic E-state index is 0.142. The summed E-state index contributed by atoms with van der Waals surface area (Å²) in [5, 5.41) is 0. The van der Waals surface area contributed by atoms with E-state index in [1.54, 1.807) is 0 Å². The lowest BCUT2D eigenvalue weighted by Gasteiger charge is -2.27. The molecule has 1 heterocycles. The molecule has 1 aliphatic rings. The second kappa shape index (κ2) is 6.78. The fraction of sp³-hybridized carbons (Fsp3) is 0.462. The number of hydrogen-bond donors (Lipinski definition) is 2. The van der Waals surface area contributed by atoms with E-state index in [0.717, 1.165) is 25.2 Å². The third-order valence-corrected chi connectivity index (χ3v) is 4.07. The molecule has 5 heteroatoms. The van der Waals surface area contributed by atoms with E-state index >= 15 is 0 Å². The van der Waals surface area contributed by atoms with Gasteiger partial charge in [0.25, 0.3) is 0 Å². The van der Waals surface area contributed by atoms with Crippen LogP contribution >= 0.6 is 11.8 Å². The molecule has 0 aromatic heterocycles. The van der Waals surface area contributed by atoms with Gasteiger partial charge in [0, 0.05) is 31.1 Å². The second-order valence-corrected chi connectivity index (χ2v) is 5.63. The molecule has 1 aromatic rings. The van der Waals surface area contributed by atoms with Crippen LogP contribution < -0.4 is 11.3 Å². The van der Waals surface area contributed by atoms with Gasteiger partial charge in [-0.3, -0.25) is 15.1 Å². The molecule has 0 bridgehead atoms. The number of hydrogen-bond acceptors (Lipinski definition) is 4. The largest absolute Gasteiger partial charge is 0.297 e. The molecule has 18 heavy (non-hydrogen) atoms. The maximum absolute atomic E-state index is 11.4. The first-order valence-electron chi connectivity index (χ1n) is 6.16. The van der Waals surface area contributed by atoms with E-state index in [9.17, 15) is 4.79 Å². The fourth-order valence-corrected chi connectivity index (χ4v) is 3.09. The molecule has 98 valence electrons. The number of amides is 1. The maximum Gasteiger partial charge on any atom is 0.238 e. The van der Waals surface area contributed by atoms with E-state index in [1.807, 2.05) is 30.0 Å². The summed E-state index contributed by atoms with van der Waals surface area (Å²) in [6.45, 7) is 3.18. The summed E-state index contributed by atoms with van der Waals surface area (Å²) >= 11 is 2.01. The Balaban J connectivity index is 2.04. The van der Waals surface area contributed by atoms with E-state index < -0.39 is 0 Å². The van der Waals surface area contributed by atoms with Gasteiger partial charge >= 0.3 is 0 Å². The van der Waals surface area contributed by atoms with Gasteiger partial charge in [0.2, 0.25) is 5.91 Å². The summed E-state index contributed by atoms with van der Waals surface area (Å²) < 4.78 is 0. The molecule has 1 amide bonds. The van der Waals surface area contributed by atoms with E-state index in [-0.39, 0.29) is 5.91 Å². The van der Waals surface area contributed by atoms with Gasteiger partial charge < -0.3 is 0 Å². The summed E-state index contributed by atoms with van der Waals surface area (Å²) in [5.41, 5.74) is 4.49. The maximum atomic E-state index is 11.4. The van der Waals surface area contributed by atoms with Crippen molar-refractivity contribution < 1.29 is 4.79 Å². The Kier molecular flexibility index (Phi) is 5.04. The highest BCUT2D eigenvalue weighted by atomic mass is 32.2. The molecule has 1 saturated heterocycles. The molecule has 0 radical (unpaired) electrons. The Labute approximate surface area is 112 Å². The molecule has 0 saturated carbocycles. The first-order chi connectivity index (χ1) is 8.79. The number of thioether (sulfide) groups is 1. The summed E-state index contributed by atoms with van der Waals surface area (Å²) in [6, 6.07) is 8.09. The van der Waals surface area contributed by atoms with Crippen molar-refractivity contribution in [2.75, 3.05) is 24.6 Å². The summed E-state index contributed by atoms with van der Waals surface area (Å²) in [7, 11) is 0. The molecule has 1 fully saturated rings. The Morgan fingerprint density at radius 3 is 2.61 bits per heavy atom. The Bertz CT molecular complexity index is 405. The SMILES string of the molecule is NNC(=O)Cc1ccccc1CN1CCSCC1. The Hall–Kier alpha value is -1.04. The highest BCUT2D eigenvalue weighted by molar-refractivity contribution is 7.99. The minimum atomic E-state index is -0.142. The molecule has 0 spiro atoms. The Morgan fingerprint density at radius 1 is 1.28 bits per heavy atom. The van der Waals surface area contributed by atoms with Crippen LogP contribution in [0, 0.1) is 0 Å². The van der Waals surface area contributed by atoms with E-state index in [4.69, 9.17) is 5.84 Å². The zero-order chi connectivity index (χ0) is 12.8. The first kappa shape index (κ1) is 13.4. The molecular formula is C13H19N3OS. The van der Waals surface area contributed by atoms with E-state index in [1.165, 1.54) is 17.1 Å². The zero-order valence-corrected chi connectivity index (χ0v) is 11.2. The van der Waals surface area contributed by atoms with Gasteiger partial charge in [-0.25, -0.2) is 5.84 Å². The van der Waals surface area contributed by atoms with Crippen LogP contribution in [0.3, 0.4) is 0 Å². The molecule has 0 unspecified atom stereocenters. The van der Waals surface area contributed by atoms with E-state index in [0.29, 0.717) is 6.42 Å². The minimum Gasteiger partial charge on any atom is -0.297 e. The molecule has 3 N–H and O–H groups in total. The standard InChI is InChI=1S/C13H19N3OS/c14-15-13(17)9-11-3-1-2-4-12(11)10-16-5-7-18-8-6-16/h1-4H,5-10,14H2,(H,15,17). The van der Waals surface area contributed by atoms with Crippen LogP contribution in [0.2, 0.25) is 0 Å². The lowest BCUT2D eigenvalue weighted by atomic mass is 10.0. The summed E-state index contributed by atoms with van der Waals surface area (Å²) in [5.74, 6) is 7.40. The number of carbonyl (C=O) groups excluding carboxylic acids is 1. The van der Waals surface area contributed by atoms with Crippen molar-refractivity contribution in [3.63, 3.8) is 0 Å². The first-order valence-corrected chi connectivity index (χ1v) is 7.31. The average Bonchev–Trinajstić information content (AvgIpc) is 2.42. The van der Waals surface area contributed by atoms with Crippen LogP contribution in [0.25, 0.3) is 0 Å². The van der Waals surface area contributed by atoms with Gasteiger partial charge in [-0.2, -0.15) is 11.8 Å². The Morgan fingerprint density at radius 2 is 1.94 bits per heavy atom. The van der Waals surface area contributed by atoms with Gasteiger partial charge in [-0.05, 0) is 11.1 Å². The van der Waals surface area contributed by atoms with Gasteiger partial charge in [-0.15, -0.1) is 0 Å². The van der Waals surface area contributed by atoms with Crippen LogP contribution in [-0.2, 0) is 17.8 Å². The van der Waals surface area contributed by atoms with Crippen molar-refractivity contribution in [3.8, 4) is 0 Å². The fourth-order valence-electron chi connectivity index (χ4n) is 2.11. The van der Waals surface area contributed by atoms with Gasteiger partial charge in [0.15, 0.2) is 0 Å². The predicted octanol–water partition coefficient (Wildman–Crippen LogP) is 0.768. The molecule has 1 aliphatic heterocycles. The van der Waals surface area contributed by atoms with Crippen LogP contribution in [0.5, 0.6) is 0 Å². The van der Waals surface area contributed by atoms with Crippen molar-refractivity contribution in [1.29, 1.82) is 0 Å². The lowest BCUT2D eigenvalue weighted by molar-refractivity contribution is -0.120. The molecule has 2 rings (SSSR count). The number of nitrogens with two attached hydrogens (primary N) is 1. The topological polar surface area (TPSA) is 58.4 Å². The van der Waals surface area contributed by atoms with Gasteiger partial charge in [0.1, 0.15) is 0 Å². The van der Waals surface area contributed by atoms with Crippen molar-refractivity contribution in [3.05, 3.63) is 35.4 Å². The van der Waals surface area contributed by atoms with Crippen molar-refractivity contribution >= 4 is 17.7 Å². The highest BCUT2D eigenvalue weighted by Gasteiger charge is 2.13. The average molecular weight is 265 g/mol. The number of rotatable bonds is 4. The predicted molar refractivity (Wildman–Crippen MR) is 75.1 cm³/mol.